The smallest absolute Gasteiger partial charge is 0.231 e. The summed E-state index contributed by atoms with van der Waals surface area (Å²) in [5.74, 6) is 1.70. The second-order valence-corrected chi connectivity index (χ2v) is 4.14. The molecule has 1 heterocycles. The van der Waals surface area contributed by atoms with Gasteiger partial charge < -0.3 is 4.74 Å². The molecule has 0 aliphatic heterocycles. The number of aryl methyl sites for hydroxylation is 1. The fourth-order valence-electron chi connectivity index (χ4n) is 1.19. The number of hydrogen-bond donors (Lipinski definition) is 0. The number of methoxy groups -OCH3 is 1. The Morgan fingerprint density at radius 3 is 2.62 bits per heavy atom. The van der Waals surface area contributed by atoms with Gasteiger partial charge in [-0.3, -0.25) is 0 Å². The first kappa shape index (κ1) is 10.9. The average Bonchev–Trinajstić information content (AvgIpc) is 2.73. The molecule has 1 aromatic carbocycles. The van der Waals surface area contributed by atoms with Gasteiger partial charge in [0.1, 0.15) is 5.75 Å². The monoisotopic (exact) mass is 236 g/mol. The van der Waals surface area contributed by atoms with E-state index in [0.29, 0.717) is 5.16 Å². The highest BCUT2D eigenvalue weighted by Gasteiger charge is 2.01. The molecule has 0 aliphatic rings. The summed E-state index contributed by atoms with van der Waals surface area (Å²) in [6.45, 7) is 0. The van der Waals surface area contributed by atoms with Crippen LogP contribution in [0.15, 0.2) is 29.4 Å². The van der Waals surface area contributed by atoms with Crippen LogP contribution in [0.2, 0.25) is 0 Å². The molecule has 2 aromatic rings. The van der Waals surface area contributed by atoms with E-state index in [2.05, 4.69) is 15.4 Å². The van der Waals surface area contributed by atoms with Crippen molar-refractivity contribution >= 4 is 11.8 Å². The first-order chi connectivity index (χ1) is 7.78. The Balaban J connectivity index is 1.94. The number of benzene rings is 1. The van der Waals surface area contributed by atoms with Gasteiger partial charge in [0.05, 0.1) is 14.2 Å². The Bertz CT molecular complexity index is 454. The summed E-state index contributed by atoms with van der Waals surface area (Å²) >= 11 is 1.56. The van der Waals surface area contributed by atoms with E-state index in [4.69, 9.17) is 4.74 Å². The van der Waals surface area contributed by atoms with Crippen molar-refractivity contribution < 1.29 is 4.74 Å². The van der Waals surface area contributed by atoms with Crippen LogP contribution in [-0.2, 0) is 12.8 Å². The summed E-state index contributed by atoms with van der Waals surface area (Å²) in [6.07, 6.45) is 0. The third-order valence-electron chi connectivity index (χ3n) is 2.02. The van der Waals surface area contributed by atoms with Gasteiger partial charge in [-0.2, -0.15) is 4.80 Å². The molecule has 0 atom stereocenters. The number of rotatable bonds is 4. The predicted octanol–water partition coefficient (Wildman–Crippen LogP) is 1.51. The van der Waals surface area contributed by atoms with Crippen LogP contribution in [0.3, 0.4) is 0 Å². The van der Waals surface area contributed by atoms with E-state index < -0.39 is 0 Å². The molecule has 0 saturated heterocycles. The van der Waals surface area contributed by atoms with E-state index in [-0.39, 0.29) is 0 Å². The zero-order valence-electron chi connectivity index (χ0n) is 9.12. The Morgan fingerprint density at radius 2 is 2.06 bits per heavy atom. The SMILES string of the molecule is COc1ccc(CSc2nnn(C)n2)cc1. The van der Waals surface area contributed by atoms with E-state index in [1.165, 1.54) is 10.4 Å². The molecule has 0 N–H and O–H groups in total. The van der Waals surface area contributed by atoms with Crippen LogP contribution in [0, 0.1) is 0 Å². The first-order valence-electron chi connectivity index (χ1n) is 4.77. The van der Waals surface area contributed by atoms with Gasteiger partial charge in [0, 0.05) is 5.75 Å². The van der Waals surface area contributed by atoms with Crippen molar-refractivity contribution in [3.8, 4) is 5.75 Å². The molecule has 2 rings (SSSR count). The summed E-state index contributed by atoms with van der Waals surface area (Å²) in [7, 11) is 3.41. The molecular formula is C10H12N4OS. The van der Waals surface area contributed by atoms with Crippen LogP contribution in [0.5, 0.6) is 5.75 Å². The lowest BCUT2D eigenvalue weighted by Crippen LogP contribution is -1.91. The molecule has 16 heavy (non-hydrogen) atoms. The second-order valence-electron chi connectivity index (χ2n) is 3.20. The largest absolute Gasteiger partial charge is 0.497 e. The summed E-state index contributed by atoms with van der Waals surface area (Å²) in [6, 6.07) is 7.95. The number of thioether (sulfide) groups is 1. The van der Waals surface area contributed by atoms with Crippen molar-refractivity contribution in [2.24, 2.45) is 7.05 Å². The Morgan fingerprint density at radius 1 is 1.31 bits per heavy atom. The molecule has 0 spiro atoms. The van der Waals surface area contributed by atoms with Crippen LogP contribution in [0.1, 0.15) is 5.56 Å². The average molecular weight is 236 g/mol. The summed E-state index contributed by atoms with van der Waals surface area (Å²) in [5, 5.41) is 12.5. The van der Waals surface area contributed by atoms with Gasteiger partial charge in [-0.15, -0.1) is 10.2 Å². The number of ether oxygens (including phenoxy) is 1. The van der Waals surface area contributed by atoms with E-state index >= 15 is 0 Å². The van der Waals surface area contributed by atoms with Gasteiger partial charge in [0.2, 0.25) is 5.16 Å². The normalized spacial score (nSPS) is 10.4. The Labute approximate surface area is 97.8 Å². The summed E-state index contributed by atoms with van der Waals surface area (Å²) < 4.78 is 5.09. The topological polar surface area (TPSA) is 52.8 Å². The summed E-state index contributed by atoms with van der Waals surface area (Å²) in [4.78, 5) is 1.45. The van der Waals surface area contributed by atoms with E-state index in [1.54, 1.807) is 25.9 Å². The van der Waals surface area contributed by atoms with Crippen molar-refractivity contribution in [2.75, 3.05) is 7.11 Å². The highest BCUT2D eigenvalue weighted by Crippen LogP contribution is 2.20. The van der Waals surface area contributed by atoms with Crippen molar-refractivity contribution in [3.63, 3.8) is 0 Å². The van der Waals surface area contributed by atoms with E-state index in [9.17, 15) is 0 Å². The van der Waals surface area contributed by atoms with Gasteiger partial charge in [-0.1, -0.05) is 23.9 Å². The van der Waals surface area contributed by atoms with E-state index in [0.717, 1.165) is 11.5 Å². The quantitative estimate of drug-likeness (QED) is 0.753. The summed E-state index contributed by atoms with van der Waals surface area (Å²) in [5.41, 5.74) is 1.21. The fraction of sp³-hybridized carbons (Fsp3) is 0.300. The molecule has 0 saturated carbocycles. The number of aromatic nitrogens is 4. The van der Waals surface area contributed by atoms with Crippen LogP contribution < -0.4 is 4.74 Å². The molecule has 6 heteroatoms. The van der Waals surface area contributed by atoms with Gasteiger partial charge >= 0.3 is 0 Å². The number of hydrogen-bond acceptors (Lipinski definition) is 5. The molecule has 0 bridgehead atoms. The third-order valence-corrected chi connectivity index (χ3v) is 2.92. The maximum absolute atomic E-state index is 5.09. The van der Waals surface area contributed by atoms with Gasteiger partial charge in [-0.25, -0.2) is 0 Å². The minimum absolute atomic E-state index is 0.693. The number of nitrogens with zero attached hydrogens (tertiary/aromatic N) is 4. The second kappa shape index (κ2) is 4.98. The number of tetrazole rings is 1. The Kier molecular flexibility index (Phi) is 3.40. The van der Waals surface area contributed by atoms with Crippen molar-refractivity contribution in [1.29, 1.82) is 0 Å². The van der Waals surface area contributed by atoms with Crippen LogP contribution in [0.25, 0.3) is 0 Å². The highest BCUT2D eigenvalue weighted by atomic mass is 32.2. The minimum Gasteiger partial charge on any atom is -0.497 e. The van der Waals surface area contributed by atoms with Crippen molar-refractivity contribution in [3.05, 3.63) is 29.8 Å². The van der Waals surface area contributed by atoms with Gasteiger partial charge in [0.15, 0.2) is 0 Å². The molecular weight excluding hydrogens is 224 g/mol. The maximum Gasteiger partial charge on any atom is 0.231 e. The lowest BCUT2D eigenvalue weighted by atomic mass is 10.2. The molecule has 5 nitrogen and oxygen atoms in total. The molecule has 1 aromatic heterocycles. The third kappa shape index (κ3) is 2.73. The zero-order chi connectivity index (χ0) is 11.4. The van der Waals surface area contributed by atoms with Crippen molar-refractivity contribution in [2.45, 2.75) is 10.9 Å². The molecule has 0 radical (unpaired) electrons. The molecule has 84 valence electrons. The molecule has 0 amide bonds. The van der Waals surface area contributed by atoms with Gasteiger partial charge in [0.25, 0.3) is 0 Å². The van der Waals surface area contributed by atoms with Crippen LogP contribution >= 0.6 is 11.8 Å². The van der Waals surface area contributed by atoms with Crippen LogP contribution in [0.4, 0.5) is 0 Å². The molecule has 0 aliphatic carbocycles. The standard InChI is InChI=1S/C10H12N4OS/c1-14-12-10(11-13-14)16-7-8-3-5-9(15-2)6-4-8/h3-6H,7H2,1-2H3. The fourth-order valence-corrected chi connectivity index (χ4v) is 1.95. The van der Waals surface area contributed by atoms with Crippen molar-refractivity contribution in [1.82, 2.24) is 20.2 Å². The zero-order valence-corrected chi connectivity index (χ0v) is 9.94. The lowest BCUT2D eigenvalue weighted by Gasteiger charge is -2.01. The minimum atomic E-state index is 0.693. The predicted molar refractivity (Wildman–Crippen MR) is 61.4 cm³/mol. The maximum atomic E-state index is 5.09. The lowest BCUT2D eigenvalue weighted by molar-refractivity contribution is 0.414. The van der Waals surface area contributed by atoms with Crippen LogP contribution in [-0.4, -0.2) is 27.3 Å². The van der Waals surface area contributed by atoms with E-state index in [1.807, 2.05) is 24.3 Å². The van der Waals surface area contributed by atoms with Gasteiger partial charge in [-0.05, 0) is 22.9 Å². The highest BCUT2D eigenvalue weighted by molar-refractivity contribution is 7.98. The molecule has 0 fully saturated rings. The molecule has 0 unspecified atom stereocenters. The Hall–Kier alpha value is -1.56. The first-order valence-corrected chi connectivity index (χ1v) is 5.76.